The number of carbonyl (C=O) groups is 2. The number of furan rings is 1. The average Bonchev–Trinajstić information content (AvgIpc) is 3.13. The zero-order valence-electron chi connectivity index (χ0n) is 14.0. The molecule has 144 valence electrons. The van der Waals surface area contributed by atoms with Gasteiger partial charge in [0.1, 0.15) is 5.76 Å². The fourth-order valence-corrected chi connectivity index (χ4v) is 2.33. The normalized spacial score (nSPS) is 12.8. The second-order valence-corrected chi connectivity index (χ2v) is 5.89. The molecule has 2 rings (SSSR count). The summed E-state index contributed by atoms with van der Waals surface area (Å²) in [7, 11) is 0. The Balaban J connectivity index is 1.87. The summed E-state index contributed by atoms with van der Waals surface area (Å²) < 4.78 is 48.3. The Hall–Kier alpha value is -2.74. The van der Waals surface area contributed by atoms with E-state index < -0.39 is 41.3 Å². The molecule has 1 aromatic carbocycles. The number of carbonyl (C=O) groups excluding carboxylic acids is 2. The van der Waals surface area contributed by atoms with Gasteiger partial charge in [-0.3, -0.25) is 4.79 Å². The van der Waals surface area contributed by atoms with Crippen molar-refractivity contribution in [2.45, 2.75) is 19.1 Å². The molecule has 0 aliphatic rings. The third kappa shape index (κ3) is 6.18. The van der Waals surface area contributed by atoms with Crippen molar-refractivity contribution < 1.29 is 31.9 Å². The van der Waals surface area contributed by atoms with Crippen molar-refractivity contribution in [3.63, 3.8) is 0 Å². The van der Waals surface area contributed by atoms with E-state index >= 15 is 0 Å². The number of hydrogen-bond donors (Lipinski definition) is 1. The van der Waals surface area contributed by atoms with Crippen molar-refractivity contribution in [3.8, 4) is 0 Å². The van der Waals surface area contributed by atoms with Crippen LogP contribution in [0.1, 0.15) is 29.9 Å². The van der Waals surface area contributed by atoms with Crippen molar-refractivity contribution >= 4 is 29.6 Å². The number of rotatable bonds is 6. The molecule has 9 heteroatoms. The van der Waals surface area contributed by atoms with Crippen molar-refractivity contribution in [1.82, 2.24) is 5.32 Å². The van der Waals surface area contributed by atoms with Crippen LogP contribution in [0.5, 0.6) is 0 Å². The topological polar surface area (TPSA) is 68.5 Å². The first-order valence-corrected chi connectivity index (χ1v) is 8.09. The Morgan fingerprint density at radius 1 is 1.33 bits per heavy atom. The quantitative estimate of drug-likeness (QED) is 0.576. The molecule has 2 aromatic rings. The van der Waals surface area contributed by atoms with Crippen LogP contribution in [0.3, 0.4) is 0 Å². The molecule has 0 radical (unpaired) electrons. The van der Waals surface area contributed by atoms with Gasteiger partial charge in [0, 0.05) is 6.08 Å². The van der Waals surface area contributed by atoms with Crippen LogP contribution in [0.4, 0.5) is 13.2 Å². The summed E-state index contributed by atoms with van der Waals surface area (Å²) in [5.41, 5.74) is -0.898. The zero-order valence-corrected chi connectivity index (χ0v) is 14.8. The number of amides is 1. The van der Waals surface area contributed by atoms with E-state index in [1.165, 1.54) is 12.3 Å². The fraction of sp³-hybridized carbons (Fsp3) is 0.222. The molecule has 1 N–H and O–H groups in total. The Morgan fingerprint density at radius 3 is 2.70 bits per heavy atom. The number of esters is 1. The van der Waals surface area contributed by atoms with Crippen molar-refractivity contribution in [2.75, 3.05) is 6.61 Å². The zero-order chi connectivity index (χ0) is 20.0. The first kappa shape index (κ1) is 20.6. The predicted octanol–water partition coefficient (Wildman–Crippen LogP) is 4.39. The number of hydrogen-bond acceptors (Lipinski definition) is 4. The minimum atomic E-state index is -4.61. The lowest BCUT2D eigenvalue weighted by Crippen LogP contribution is -2.30. The van der Waals surface area contributed by atoms with Gasteiger partial charge >= 0.3 is 12.1 Å². The maximum absolute atomic E-state index is 12.8. The van der Waals surface area contributed by atoms with Gasteiger partial charge in [0.05, 0.1) is 22.9 Å². The highest BCUT2D eigenvalue weighted by atomic mass is 35.5. The summed E-state index contributed by atoms with van der Waals surface area (Å²) in [6.07, 6.45) is -1.09. The van der Waals surface area contributed by atoms with Crippen LogP contribution >= 0.6 is 11.6 Å². The summed E-state index contributed by atoms with van der Waals surface area (Å²) in [5.74, 6) is -0.886. The summed E-state index contributed by atoms with van der Waals surface area (Å²) in [6.45, 7) is 1.15. The standard InChI is InChI=1S/C18H15ClF3NO4/c1-11(15-3-2-8-26-15)23-16(24)10-27-17(25)7-5-12-4-6-14(19)13(9-12)18(20,21)22/h2-9,11H,10H2,1H3,(H,23,24)/b7-5+/t11-/m0/s1. The Labute approximate surface area is 157 Å². The molecule has 0 spiro atoms. The van der Waals surface area contributed by atoms with Crippen LogP contribution < -0.4 is 5.32 Å². The van der Waals surface area contributed by atoms with Gasteiger partial charge in [-0.1, -0.05) is 17.7 Å². The van der Waals surface area contributed by atoms with E-state index in [1.54, 1.807) is 19.1 Å². The largest absolute Gasteiger partial charge is 0.467 e. The Bertz CT molecular complexity index is 832. The van der Waals surface area contributed by atoms with Crippen LogP contribution in [0.2, 0.25) is 5.02 Å². The highest BCUT2D eigenvalue weighted by molar-refractivity contribution is 6.31. The Kier molecular flexibility index (Phi) is 6.68. The first-order valence-electron chi connectivity index (χ1n) is 7.71. The van der Waals surface area contributed by atoms with Crippen LogP contribution in [-0.2, 0) is 20.5 Å². The summed E-state index contributed by atoms with van der Waals surface area (Å²) in [4.78, 5) is 23.4. The molecular formula is C18H15ClF3NO4. The molecular weight excluding hydrogens is 387 g/mol. The highest BCUT2D eigenvalue weighted by Gasteiger charge is 2.33. The summed E-state index contributed by atoms with van der Waals surface area (Å²) >= 11 is 5.52. The maximum Gasteiger partial charge on any atom is 0.417 e. The SMILES string of the molecule is C[C@H](NC(=O)COC(=O)/C=C/c1ccc(Cl)c(C(F)(F)F)c1)c1ccco1. The van der Waals surface area contributed by atoms with Crippen molar-refractivity contribution in [3.05, 3.63) is 64.6 Å². The Morgan fingerprint density at radius 2 is 2.07 bits per heavy atom. The van der Waals surface area contributed by atoms with E-state index in [1.807, 2.05) is 0 Å². The van der Waals surface area contributed by atoms with E-state index in [0.29, 0.717) is 5.76 Å². The molecule has 1 atom stereocenters. The monoisotopic (exact) mass is 401 g/mol. The van der Waals surface area contributed by atoms with E-state index in [-0.39, 0.29) is 5.56 Å². The molecule has 0 fully saturated rings. The van der Waals surface area contributed by atoms with Gasteiger partial charge in [0.25, 0.3) is 5.91 Å². The van der Waals surface area contributed by atoms with E-state index in [4.69, 9.17) is 20.8 Å². The lowest BCUT2D eigenvalue weighted by Gasteiger charge is -2.11. The summed E-state index contributed by atoms with van der Waals surface area (Å²) in [5, 5.41) is 2.13. The van der Waals surface area contributed by atoms with Crippen molar-refractivity contribution in [1.29, 1.82) is 0 Å². The molecule has 1 aromatic heterocycles. The molecule has 0 saturated carbocycles. The maximum atomic E-state index is 12.8. The number of halogens is 4. The van der Waals surface area contributed by atoms with Gasteiger partial charge in [0.2, 0.25) is 0 Å². The van der Waals surface area contributed by atoms with Crippen LogP contribution in [-0.4, -0.2) is 18.5 Å². The van der Waals surface area contributed by atoms with Crippen LogP contribution in [0.25, 0.3) is 6.08 Å². The van der Waals surface area contributed by atoms with Gasteiger partial charge in [-0.2, -0.15) is 13.2 Å². The third-order valence-corrected chi connectivity index (χ3v) is 3.73. The summed E-state index contributed by atoms with van der Waals surface area (Å²) in [6, 6.07) is 6.16. The molecule has 1 amide bonds. The molecule has 0 unspecified atom stereocenters. The molecule has 27 heavy (non-hydrogen) atoms. The van der Waals surface area contributed by atoms with Gasteiger partial charge in [-0.25, -0.2) is 4.79 Å². The van der Waals surface area contributed by atoms with Crippen LogP contribution in [0, 0.1) is 0 Å². The smallest absolute Gasteiger partial charge is 0.417 e. The number of alkyl halides is 3. The molecule has 0 bridgehead atoms. The molecule has 0 aliphatic carbocycles. The van der Waals surface area contributed by atoms with E-state index in [0.717, 1.165) is 24.3 Å². The molecule has 0 aliphatic heterocycles. The van der Waals surface area contributed by atoms with Crippen LogP contribution in [0.15, 0.2) is 47.1 Å². The minimum Gasteiger partial charge on any atom is -0.467 e. The van der Waals surface area contributed by atoms with E-state index in [9.17, 15) is 22.8 Å². The predicted molar refractivity (Wildman–Crippen MR) is 91.7 cm³/mol. The molecule has 0 saturated heterocycles. The number of ether oxygens (including phenoxy) is 1. The fourth-order valence-electron chi connectivity index (χ4n) is 2.10. The van der Waals surface area contributed by atoms with Gasteiger partial charge in [-0.05, 0) is 42.8 Å². The van der Waals surface area contributed by atoms with E-state index in [2.05, 4.69) is 5.32 Å². The number of benzene rings is 1. The van der Waals surface area contributed by atoms with Crippen molar-refractivity contribution in [2.24, 2.45) is 0 Å². The molecule has 1 heterocycles. The lowest BCUT2D eigenvalue weighted by atomic mass is 10.1. The van der Waals surface area contributed by atoms with Gasteiger partial charge < -0.3 is 14.5 Å². The first-order chi connectivity index (χ1) is 12.7. The molecule has 5 nitrogen and oxygen atoms in total. The number of nitrogens with one attached hydrogen (secondary N) is 1. The lowest BCUT2D eigenvalue weighted by molar-refractivity contribution is -0.144. The van der Waals surface area contributed by atoms with Gasteiger partial charge in [0.15, 0.2) is 6.61 Å². The second-order valence-electron chi connectivity index (χ2n) is 5.48. The highest BCUT2D eigenvalue weighted by Crippen LogP contribution is 2.35. The second kappa shape index (κ2) is 8.77. The minimum absolute atomic E-state index is 0.111. The average molecular weight is 402 g/mol. The van der Waals surface area contributed by atoms with Gasteiger partial charge in [-0.15, -0.1) is 0 Å². The third-order valence-electron chi connectivity index (χ3n) is 3.40.